The van der Waals surface area contributed by atoms with Gasteiger partial charge in [0.15, 0.2) is 0 Å². The van der Waals surface area contributed by atoms with Crippen molar-refractivity contribution in [1.29, 1.82) is 0 Å². The van der Waals surface area contributed by atoms with E-state index in [0.29, 0.717) is 32.5 Å². The molecule has 128 valence electrons. The number of rotatable bonds is 5. The third-order valence-electron chi connectivity index (χ3n) is 4.80. The van der Waals surface area contributed by atoms with E-state index in [-0.39, 0.29) is 12.5 Å². The van der Waals surface area contributed by atoms with E-state index in [4.69, 9.17) is 11.2 Å². The molecular formula is C21H22N2O2. The van der Waals surface area contributed by atoms with Crippen molar-refractivity contribution in [3.8, 4) is 23.5 Å². The summed E-state index contributed by atoms with van der Waals surface area (Å²) < 4.78 is 5.50. The summed E-state index contributed by atoms with van der Waals surface area (Å²) >= 11 is 0. The molecule has 4 nitrogen and oxygen atoms in total. The van der Waals surface area contributed by atoms with Gasteiger partial charge in [0.1, 0.15) is 0 Å². The molecule has 0 bridgehead atoms. The molecule has 4 heteroatoms. The number of nitrogens with zero attached hydrogens (tertiary/aromatic N) is 1. The van der Waals surface area contributed by atoms with Crippen molar-refractivity contribution in [1.82, 2.24) is 10.3 Å². The number of terminal acetylenes is 1. The van der Waals surface area contributed by atoms with Crippen LogP contribution in [0.25, 0.3) is 11.1 Å². The molecule has 1 saturated heterocycles. The van der Waals surface area contributed by atoms with Gasteiger partial charge in [-0.05, 0) is 36.5 Å². The molecule has 1 aromatic carbocycles. The van der Waals surface area contributed by atoms with Crippen molar-refractivity contribution >= 4 is 5.91 Å². The Labute approximate surface area is 148 Å². The molecule has 2 heterocycles. The Morgan fingerprint density at radius 2 is 2.04 bits per heavy atom. The van der Waals surface area contributed by atoms with Gasteiger partial charge in [0.25, 0.3) is 0 Å². The fraction of sp³-hybridized carbons (Fsp3) is 0.333. The van der Waals surface area contributed by atoms with Gasteiger partial charge in [-0.15, -0.1) is 6.42 Å². The molecule has 1 aromatic heterocycles. The molecule has 0 aliphatic carbocycles. The van der Waals surface area contributed by atoms with E-state index in [2.05, 4.69) is 28.4 Å². The first-order chi connectivity index (χ1) is 12.2. The van der Waals surface area contributed by atoms with Crippen LogP contribution in [0.2, 0.25) is 0 Å². The van der Waals surface area contributed by atoms with Crippen molar-refractivity contribution in [2.45, 2.75) is 19.3 Å². The van der Waals surface area contributed by atoms with Crippen LogP contribution in [0.4, 0.5) is 0 Å². The number of amides is 1. The monoisotopic (exact) mass is 334 g/mol. The predicted octanol–water partition coefficient (Wildman–Crippen LogP) is 2.84. The zero-order valence-electron chi connectivity index (χ0n) is 14.2. The molecule has 1 fully saturated rings. The Balaban J connectivity index is 1.93. The summed E-state index contributed by atoms with van der Waals surface area (Å²) in [5.74, 6) is 2.51. The standard InChI is InChI=1S/C21H22N2O2/c1-2-11-23-20(24)21(9-13-25-14-10-21)15-17-6-3-4-8-19(17)18-7-5-12-22-16-18/h1,3-8,12,16H,9-11,13-15H2,(H,23,24). The minimum Gasteiger partial charge on any atom is -0.381 e. The Kier molecular flexibility index (Phi) is 5.47. The number of hydrogen-bond acceptors (Lipinski definition) is 3. The minimum absolute atomic E-state index is 0.0229. The number of pyridine rings is 1. The lowest BCUT2D eigenvalue weighted by atomic mass is 9.73. The molecule has 0 spiro atoms. The third kappa shape index (κ3) is 3.89. The van der Waals surface area contributed by atoms with Gasteiger partial charge in [-0.1, -0.05) is 36.3 Å². The zero-order valence-corrected chi connectivity index (χ0v) is 14.2. The van der Waals surface area contributed by atoms with Crippen molar-refractivity contribution in [2.75, 3.05) is 19.8 Å². The van der Waals surface area contributed by atoms with Gasteiger partial charge in [-0.2, -0.15) is 0 Å². The third-order valence-corrected chi connectivity index (χ3v) is 4.80. The molecule has 1 amide bonds. The van der Waals surface area contributed by atoms with Gasteiger partial charge in [-0.25, -0.2) is 0 Å². The highest BCUT2D eigenvalue weighted by Gasteiger charge is 2.40. The Morgan fingerprint density at radius 3 is 2.76 bits per heavy atom. The molecule has 0 saturated carbocycles. The summed E-state index contributed by atoms with van der Waals surface area (Å²) in [6, 6.07) is 12.2. The number of nitrogens with one attached hydrogen (secondary N) is 1. The van der Waals surface area contributed by atoms with Gasteiger partial charge >= 0.3 is 0 Å². The highest BCUT2D eigenvalue weighted by atomic mass is 16.5. The van der Waals surface area contributed by atoms with Crippen LogP contribution in [-0.4, -0.2) is 30.6 Å². The summed E-state index contributed by atoms with van der Waals surface area (Å²) in [6.45, 7) is 1.45. The summed E-state index contributed by atoms with van der Waals surface area (Å²) in [5, 5.41) is 2.88. The van der Waals surface area contributed by atoms with E-state index in [0.717, 1.165) is 16.7 Å². The van der Waals surface area contributed by atoms with Crippen LogP contribution in [0.5, 0.6) is 0 Å². The lowest BCUT2D eigenvalue weighted by molar-refractivity contribution is -0.136. The quantitative estimate of drug-likeness (QED) is 0.856. The fourth-order valence-electron chi connectivity index (χ4n) is 3.41. The largest absolute Gasteiger partial charge is 0.381 e. The highest BCUT2D eigenvalue weighted by Crippen LogP contribution is 2.37. The molecule has 1 aliphatic heterocycles. The van der Waals surface area contributed by atoms with Gasteiger partial charge in [-0.3, -0.25) is 9.78 Å². The summed E-state index contributed by atoms with van der Waals surface area (Å²) in [5.41, 5.74) is 2.84. The van der Waals surface area contributed by atoms with Crippen LogP contribution < -0.4 is 5.32 Å². The zero-order chi connectivity index (χ0) is 17.5. The van der Waals surface area contributed by atoms with E-state index < -0.39 is 5.41 Å². The van der Waals surface area contributed by atoms with Gasteiger partial charge < -0.3 is 10.1 Å². The van der Waals surface area contributed by atoms with Crippen LogP contribution in [0.3, 0.4) is 0 Å². The Hall–Kier alpha value is -2.64. The average Bonchev–Trinajstić information content (AvgIpc) is 2.68. The van der Waals surface area contributed by atoms with E-state index >= 15 is 0 Å². The molecule has 0 atom stereocenters. The molecule has 3 rings (SSSR count). The second-order valence-electron chi connectivity index (χ2n) is 6.36. The van der Waals surface area contributed by atoms with Crippen LogP contribution in [0, 0.1) is 17.8 Å². The van der Waals surface area contributed by atoms with Gasteiger partial charge in [0.05, 0.1) is 12.0 Å². The first kappa shape index (κ1) is 17.2. The van der Waals surface area contributed by atoms with E-state index in [1.54, 1.807) is 6.20 Å². The average molecular weight is 334 g/mol. The lowest BCUT2D eigenvalue weighted by Gasteiger charge is -2.36. The summed E-state index contributed by atoms with van der Waals surface area (Å²) in [6.07, 6.45) is 11.0. The second kappa shape index (κ2) is 7.96. The van der Waals surface area contributed by atoms with Crippen molar-refractivity contribution in [3.63, 3.8) is 0 Å². The maximum absolute atomic E-state index is 12.9. The van der Waals surface area contributed by atoms with Gasteiger partial charge in [0.2, 0.25) is 5.91 Å². The van der Waals surface area contributed by atoms with Crippen LogP contribution in [0.15, 0.2) is 48.8 Å². The molecule has 25 heavy (non-hydrogen) atoms. The predicted molar refractivity (Wildman–Crippen MR) is 97.7 cm³/mol. The molecule has 1 aliphatic rings. The van der Waals surface area contributed by atoms with E-state index in [9.17, 15) is 4.79 Å². The number of benzene rings is 1. The van der Waals surface area contributed by atoms with Crippen molar-refractivity contribution in [2.24, 2.45) is 5.41 Å². The number of aromatic nitrogens is 1. The number of carbonyl (C=O) groups is 1. The van der Waals surface area contributed by atoms with E-state index in [1.807, 2.05) is 30.5 Å². The number of carbonyl (C=O) groups excluding carboxylic acids is 1. The number of hydrogen-bond donors (Lipinski definition) is 1. The highest BCUT2D eigenvalue weighted by molar-refractivity contribution is 5.84. The molecule has 2 aromatic rings. The molecule has 1 N–H and O–H groups in total. The molecule has 0 unspecified atom stereocenters. The molecule has 0 radical (unpaired) electrons. The van der Waals surface area contributed by atoms with Crippen LogP contribution in [-0.2, 0) is 16.0 Å². The summed E-state index contributed by atoms with van der Waals surface area (Å²) in [7, 11) is 0. The topological polar surface area (TPSA) is 51.2 Å². The normalized spacial score (nSPS) is 16.0. The smallest absolute Gasteiger partial charge is 0.227 e. The first-order valence-electron chi connectivity index (χ1n) is 8.53. The Morgan fingerprint density at radius 1 is 1.24 bits per heavy atom. The maximum atomic E-state index is 12.9. The Bertz CT molecular complexity index is 759. The fourth-order valence-corrected chi connectivity index (χ4v) is 3.41. The summed E-state index contributed by atoms with van der Waals surface area (Å²) in [4.78, 5) is 17.1. The first-order valence-corrected chi connectivity index (χ1v) is 8.53. The van der Waals surface area contributed by atoms with Gasteiger partial charge in [0, 0.05) is 31.2 Å². The SMILES string of the molecule is C#CCNC(=O)C1(Cc2ccccc2-c2cccnc2)CCOCC1. The number of ether oxygens (including phenoxy) is 1. The maximum Gasteiger partial charge on any atom is 0.227 e. The van der Waals surface area contributed by atoms with Crippen LogP contribution >= 0.6 is 0 Å². The molecular weight excluding hydrogens is 312 g/mol. The van der Waals surface area contributed by atoms with Crippen molar-refractivity contribution < 1.29 is 9.53 Å². The minimum atomic E-state index is -0.479. The lowest BCUT2D eigenvalue weighted by Crippen LogP contribution is -2.46. The second-order valence-corrected chi connectivity index (χ2v) is 6.36. The van der Waals surface area contributed by atoms with E-state index in [1.165, 1.54) is 0 Å². The van der Waals surface area contributed by atoms with Crippen LogP contribution in [0.1, 0.15) is 18.4 Å². The van der Waals surface area contributed by atoms with Crippen molar-refractivity contribution in [3.05, 3.63) is 54.4 Å².